The average Bonchev–Trinajstić information content (AvgIpc) is 2.20. The minimum atomic E-state index is -0.280. The summed E-state index contributed by atoms with van der Waals surface area (Å²) < 4.78 is 18.2. The number of thioether (sulfide) groups is 1. The van der Waals surface area contributed by atoms with Crippen LogP contribution in [0.1, 0.15) is 5.56 Å². The molecule has 0 aliphatic carbocycles. The average molecular weight is 216 g/mol. The van der Waals surface area contributed by atoms with Crippen LogP contribution in [0.3, 0.4) is 0 Å². The third kappa shape index (κ3) is 3.29. The number of benzene rings is 1. The van der Waals surface area contributed by atoms with E-state index in [1.807, 2.05) is 0 Å². The molecule has 0 spiro atoms. The van der Waals surface area contributed by atoms with Gasteiger partial charge in [0, 0.05) is 17.8 Å². The Morgan fingerprint density at radius 3 is 2.86 bits per heavy atom. The Balaban J connectivity index is 2.59. The van der Waals surface area contributed by atoms with Crippen molar-refractivity contribution in [3.05, 3.63) is 29.6 Å². The zero-order chi connectivity index (χ0) is 10.4. The second-order valence-electron chi connectivity index (χ2n) is 2.76. The molecule has 0 amide bonds. The second-order valence-corrected chi connectivity index (χ2v) is 3.90. The van der Waals surface area contributed by atoms with Crippen LogP contribution in [0.25, 0.3) is 0 Å². The van der Waals surface area contributed by atoms with Crippen LogP contribution in [0.5, 0.6) is 0 Å². The molecule has 14 heavy (non-hydrogen) atoms. The largest absolute Gasteiger partial charge is 0.392 e. The number of methoxy groups -OCH3 is 1. The smallest absolute Gasteiger partial charge is 0.137 e. The first-order valence-corrected chi connectivity index (χ1v) is 5.27. The van der Waals surface area contributed by atoms with Crippen LogP contribution >= 0.6 is 11.8 Å². The summed E-state index contributed by atoms with van der Waals surface area (Å²) in [6.45, 7) is 0.478. The Hall–Kier alpha value is -0.580. The van der Waals surface area contributed by atoms with Crippen molar-refractivity contribution in [3.63, 3.8) is 0 Å². The first-order chi connectivity index (χ1) is 6.77. The van der Waals surface area contributed by atoms with Crippen molar-refractivity contribution in [1.29, 1.82) is 0 Å². The van der Waals surface area contributed by atoms with Gasteiger partial charge in [0.1, 0.15) is 5.82 Å². The van der Waals surface area contributed by atoms with Crippen molar-refractivity contribution in [2.24, 2.45) is 0 Å². The maximum Gasteiger partial charge on any atom is 0.137 e. The zero-order valence-corrected chi connectivity index (χ0v) is 8.81. The van der Waals surface area contributed by atoms with E-state index in [0.29, 0.717) is 17.1 Å². The third-order valence-corrected chi connectivity index (χ3v) is 2.74. The Morgan fingerprint density at radius 1 is 1.50 bits per heavy atom. The molecule has 0 saturated heterocycles. The maximum atomic E-state index is 13.3. The van der Waals surface area contributed by atoms with Gasteiger partial charge in [-0.3, -0.25) is 0 Å². The van der Waals surface area contributed by atoms with Crippen LogP contribution in [0.15, 0.2) is 23.1 Å². The first-order valence-electron chi connectivity index (χ1n) is 4.29. The van der Waals surface area contributed by atoms with E-state index < -0.39 is 0 Å². The van der Waals surface area contributed by atoms with Crippen LogP contribution in [0.2, 0.25) is 0 Å². The minimum Gasteiger partial charge on any atom is -0.392 e. The molecule has 0 aliphatic heterocycles. The summed E-state index contributed by atoms with van der Waals surface area (Å²) in [6.07, 6.45) is 0. The SMILES string of the molecule is COCCSc1ccc(CO)cc1F. The summed E-state index contributed by atoms with van der Waals surface area (Å²) in [5.74, 6) is 0.448. The van der Waals surface area contributed by atoms with Gasteiger partial charge in [0.05, 0.1) is 13.2 Å². The summed E-state index contributed by atoms with van der Waals surface area (Å²) in [5.41, 5.74) is 0.596. The molecular weight excluding hydrogens is 203 g/mol. The predicted molar refractivity (Wildman–Crippen MR) is 54.9 cm³/mol. The summed E-state index contributed by atoms with van der Waals surface area (Å²) in [6, 6.07) is 4.76. The topological polar surface area (TPSA) is 29.5 Å². The van der Waals surface area contributed by atoms with Crippen LogP contribution < -0.4 is 0 Å². The highest BCUT2D eigenvalue weighted by Crippen LogP contribution is 2.22. The van der Waals surface area contributed by atoms with E-state index in [4.69, 9.17) is 9.84 Å². The Labute approximate surface area is 87.1 Å². The number of rotatable bonds is 5. The molecule has 2 nitrogen and oxygen atoms in total. The van der Waals surface area contributed by atoms with Crippen molar-refractivity contribution >= 4 is 11.8 Å². The molecule has 1 rings (SSSR count). The lowest BCUT2D eigenvalue weighted by molar-refractivity contribution is 0.218. The van der Waals surface area contributed by atoms with Gasteiger partial charge in [0.25, 0.3) is 0 Å². The summed E-state index contributed by atoms with van der Waals surface area (Å²) in [4.78, 5) is 0.597. The van der Waals surface area contributed by atoms with Crippen LogP contribution in [-0.4, -0.2) is 24.6 Å². The van der Waals surface area contributed by atoms with E-state index in [9.17, 15) is 4.39 Å². The van der Waals surface area contributed by atoms with E-state index in [2.05, 4.69) is 0 Å². The Kier molecular flexibility index (Phi) is 4.93. The van der Waals surface area contributed by atoms with Crippen LogP contribution in [0, 0.1) is 5.82 Å². The second kappa shape index (κ2) is 6.01. The number of halogens is 1. The molecule has 0 bridgehead atoms. The van der Waals surface area contributed by atoms with Gasteiger partial charge in [0.2, 0.25) is 0 Å². The fourth-order valence-electron chi connectivity index (χ4n) is 0.995. The van der Waals surface area contributed by atoms with Gasteiger partial charge in [-0.05, 0) is 17.7 Å². The van der Waals surface area contributed by atoms with Gasteiger partial charge >= 0.3 is 0 Å². The molecule has 0 radical (unpaired) electrons. The maximum absolute atomic E-state index is 13.3. The Bertz CT molecular complexity index is 291. The van der Waals surface area contributed by atoms with Crippen LogP contribution in [0.4, 0.5) is 4.39 Å². The quantitative estimate of drug-likeness (QED) is 0.603. The first kappa shape index (κ1) is 11.5. The lowest BCUT2D eigenvalue weighted by Gasteiger charge is -2.04. The molecule has 78 valence electrons. The van der Waals surface area contributed by atoms with E-state index in [-0.39, 0.29) is 12.4 Å². The van der Waals surface area contributed by atoms with E-state index in [1.165, 1.54) is 17.8 Å². The fourth-order valence-corrected chi connectivity index (χ4v) is 1.83. The van der Waals surface area contributed by atoms with Gasteiger partial charge in [-0.25, -0.2) is 4.39 Å². The lowest BCUT2D eigenvalue weighted by Crippen LogP contribution is -1.93. The molecule has 0 aromatic heterocycles. The monoisotopic (exact) mass is 216 g/mol. The zero-order valence-electron chi connectivity index (χ0n) is 8.00. The number of hydrogen-bond acceptors (Lipinski definition) is 3. The third-order valence-electron chi connectivity index (χ3n) is 1.72. The minimum absolute atomic E-state index is 0.125. The number of aliphatic hydroxyl groups is 1. The molecular formula is C10H13FO2S. The number of hydrogen-bond donors (Lipinski definition) is 1. The number of ether oxygens (including phenoxy) is 1. The highest BCUT2D eigenvalue weighted by Gasteiger charge is 2.03. The van der Waals surface area contributed by atoms with Gasteiger partial charge in [-0.2, -0.15) is 0 Å². The molecule has 1 aromatic rings. The fraction of sp³-hybridized carbons (Fsp3) is 0.400. The van der Waals surface area contributed by atoms with Gasteiger partial charge in [-0.1, -0.05) is 6.07 Å². The molecule has 0 atom stereocenters. The molecule has 0 unspecified atom stereocenters. The summed E-state index contributed by atoms with van der Waals surface area (Å²) in [7, 11) is 1.62. The summed E-state index contributed by atoms with van der Waals surface area (Å²) >= 11 is 1.41. The van der Waals surface area contributed by atoms with Crippen molar-refractivity contribution in [3.8, 4) is 0 Å². The molecule has 0 fully saturated rings. The normalized spacial score (nSPS) is 10.5. The highest BCUT2D eigenvalue weighted by atomic mass is 32.2. The molecule has 1 N–H and O–H groups in total. The number of aliphatic hydroxyl groups excluding tert-OH is 1. The molecule has 1 aromatic carbocycles. The van der Waals surface area contributed by atoms with Gasteiger partial charge in [0.15, 0.2) is 0 Å². The molecule has 0 aliphatic rings. The molecule has 0 saturated carbocycles. The van der Waals surface area contributed by atoms with E-state index in [1.54, 1.807) is 19.2 Å². The van der Waals surface area contributed by atoms with Crippen molar-refractivity contribution in [1.82, 2.24) is 0 Å². The van der Waals surface area contributed by atoms with E-state index >= 15 is 0 Å². The standard InChI is InChI=1S/C10H13FO2S/c1-13-4-5-14-10-3-2-8(7-12)6-9(10)11/h2-3,6,12H,4-5,7H2,1H3. The summed E-state index contributed by atoms with van der Waals surface area (Å²) in [5, 5.41) is 8.77. The Morgan fingerprint density at radius 2 is 2.29 bits per heavy atom. The molecule has 0 heterocycles. The highest BCUT2D eigenvalue weighted by molar-refractivity contribution is 7.99. The molecule has 4 heteroatoms. The van der Waals surface area contributed by atoms with Crippen molar-refractivity contribution in [2.75, 3.05) is 19.5 Å². The van der Waals surface area contributed by atoms with Crippen molar-refractivity contribution in [2.45, 2.75) is 11.5 Å². The van der Waals surface area contributed by atoms with Gasteiger partial charge < -0.3 is 9.84 Å². The van der Waals surface area contributed by atoms with Gasteiger partial charge in [-0.15, -0.1) is 11.8 Å². The lowest BCUT2D eigenvalue weighted by atomic mass is 10.2. The van der Waals surface area contributed by atoms with Crippen molar-refractivity contribution < 1.29 is 14.2 Å². The van der Waals surface area contributed by atoms with E-state index in [0.717, 1.165) is 5.75 Å². The van der Waals surface area contributed by atoms with Crippen LogP contribution in [-0.2, 0) is 11.3 Å². The predicted octanol–water partition coefficient (Wildman–Crippen LogP) is 2.06.